The van der Waals surface area contributed by atoms with Crippen molar-refractivity contribution in [2.75, 3.05) is 19.6 Å². The van der Waals surface area contributed by atoms with Gasteiger partial charge in [-0.25, -0.2) is 0 Å². The number of nitrogens with zero attached hydrogens (tertiary/aromatic N) is 4. The highest BCUT2D eigenvalue weighted by Crippen LogP contribution is 2.51. The van der Waals surface area contributed by atoms with Crippen molar-refractivity contribution in [3.05, 3.63) is 400 Å². The second-order valence-corrected chi connectivity index (χ2v) is 27.1. The summed E-state index contributed by atoms with van der Waals surface area (Å²) >= 11 is 0. The van der Waals surface area contributed by atoms with Crippen molar-refractivity contribution in [2.24, 2.45) is 0 Å². The Hall–Kier alpha value is -14.6. The first-order valence-corrected chi connectivity index (χ1v) is 36.4. The van der Waals surface area contributed by atoms with Crippen molar-refractivity contribution in [1.82, 2.24) is 0 Å². The molecule has 8 heteroatoms. The predicted molar refractivity (Wildman–Crippen MR) is 449 cm³/mol. The summed E-state index contributed by atoms with van der Waals surface area (Å²) in [6.45, 7) is 0. The van der Waals surface area contributed by atoms with Gasteiger partial charge in [0.05, 0.1) is 44.9 Å². The van der Waals surface area contributed by atoms with Gasteiger partial charge in [0, 0.05) is 78.6 Å². The summed E-state index contributed by atoms with van der Waals surface area (Å²) in [5.41, 5.74) is 23.6. The Labute approximate surface area is 622 Å². The van der Waals surface area contributed by atoms with Crippen LogP contribution in [0.25, 0.3) is 121 Å². The van der Waals surface area contributed by atoms with E-state index < -0.39 is 0 Å². The molecule has 0 atom stereocenters. The average molecular weight is 1390 g/mol. The van der Waals surface area contributed by atoms with Gasteiger partial charge >= 0.3 is 0 Å². The fourth-order valence-corrected chi connectivity index (χ4v) is 15.7. The molecule has 21 aromatic rings. The Morgan fingerprint density at radius 3 is 0.917 bits per heavy atom. The van der Waals surface area contributed by atoms with Gasteiger partial charge < -0.3 is 37.3 Å². The maximum atomic E-state index is 6.95. The molecule has 0 saturated heterocycles. The highest BCUT2D eigenvalue weighted by molar-refractivity contribution is 6.19. The Kier molecular flexibility index (Phi) is 15.7. The van der Waals surface area contributed by atoms with E-state index in [2.05, 4.69) is 390 Å². The first-order chi connectivity index (χ1) is 53.6. The molecule has 510 valence electrons. The van der Waals surface area contributed by atoms with Gasteiger partial charge in [0.1, 0.15) is 33.5 Å². The molecule has 4 aromatic heterocycles. The minimum absolute atomic E-state index is 0.805. The number of furan rings is 4. The highest BCUT2D eigenvalue weighted by atomic mass is 16.3. The summed E-state index contributed by atoms with van der Waals surface area (Å²) < 4.78 is 26.7. The van der Waals surface area contributed by atoms with Gasteiger partial charge in [-0.15, -0.1) is 0 Å². The van der Waals surface area contributed by atoms with Gasteiger partial charge in [-0.1, -0.05) is 237 Å². The molecule has 0 aliphatic heterocycles. The van der Waals surface area contributed by atoms with Crippen molar-refractivity contribution in [2.45, 2.75) is 0 Å². The van der Waals surface area contributed by atoms with Crippen LogP contribution < -0.4 is 19.6 Å². The van der Waals surface area contributed by atoms with Gasteiger partial charge in [-0.05, 0) is 185 Å². The Bertz CT molecular complexity index is 6790. The SMILES string of the molecule is c1ccc(-c2ccc(N(c3ccc4c(c3)oc3ccccc34)c3cccc4c3oc3cccc(N(c5ccccc5)c5ccccc5)c34)cc2)cc1.c1ccc(N(c2ccccc2)c2cccc3oc4c(N(c5ccc(-c6ccc7ccccc7c6)cc5)c5ccc6c(c5)oc5ccccc56)cccc4c23)cc1. The molecule has 4 heterocycles. The lowest BCUT2D eigenvalue weighted by molar-refractivity contribution is 0.667. The zero-order chi connectivity index (χ0) is 71.4. The number of hydrogen-bond acceptors (Lipinski definition) is 8. The van der Waals surface area contributed by atoms with E-state index in [1.54, 1.807) is 0 Å². The van der Waals surface area contributed by atoms with Gasteiger partial charge in [0.25, 0.3) is 0 Å². The molecule has 0 N–H and O–H groups in total. The first-order valence-electron chi connectivity index (χ1n) is 36.4. The lowest BCUT2D eigenvalue weighted by Crippen LogP contribution is -2.10. The van der Waals surface area contributed by atoms with Gasteiger partial charge in [-0.2, -0.15) is 0 Å². The molecule has 8 nitrogen and oxygen atoms in total. The third kappa shape index (κ3) is 11.3. The molecule has 108 heavy (non-hydrogen) atoms. The summed E-state index contributed by atoms with van der Waals surface area (Å²) in [4.78, 5) is 9.17. The molecule has 0 bridgehead atoms. The van der Waals surface area contributed by atoms with E-state index in [-0.39, 0.29) is 0 Å². The number of para-hydroxylation sites is 8. The molecule has 0 spiro atoms. The zero-order valence-corrected chi connectivity index (χ0v) is 58.5. The molecule has 0 unspecified atom stereocenters. The summed E-state index contributed by atoms with van der Waals surface area (Å²) in [5.74, 6) is 0. The number of fused-ring (bicyclic) bond motifs is 13. The first kappa shape index (κ1) is 63.1. The van der Waals surface area contributed by atoms with Crippen LogP contribution in [0.3, 0.4) is 0 Å². The second-order valence-electron chi connectivity index (χ2n) is 27.1. The van der Waals surface area contributed by atoms with Crippen LogP contribution in [0.5, 0.6) is 0 Å². The number of hydrogen-bond donors (Lipinski definition) is 0. The van der Waals surface area contributed by atoms with Crippen molar-refractivity contribution in [1.29, 1.82) is 0 Å². The van der Waals surface area contributed by atoms with Crippen LogP contribution in [0.4, 0.5) is 68.2 Å². The highest BCUT2D eigenvalue weighted by Gasteiger charge is 2.27. The van der Waals surface area contributed by atoms with Crippen LogP contribution in [0.15, 0.2) is 418 Å². The molecule has 21 rings (SSSR count). The summed E-state index contributed by atoms with van der Waals surface area (Å²) in [6, 6.07) is 140. The van der Waals surface area contributed by atoms with E-state index in [0.29, 0.717) is 0 Å². The molecule has 0 aliphatic rings. The molecule has 0 radical (unpaired) electrons. The molecule has 0 amide bonds. The normalized spacial score (nSPS) is 11.5. The lowest BCUT2D eigenvalue weighted by atomic mass is 10.0. The molecular weight excluding hydrogens is 1320 g/mol. The van der Waals surface area contributed by atoms with Crippen LogP contribution in [-0.2, 0) is 0 Å². The van der Waals surface area contributed by atoms with E-state index in [1.165, 1.54) is 21.9 Å². The monoisotopic (exact) mass is 1390 g/mol. The fraction of sp³-hybridized carbons (Fsp3) is 0. The molecule has 17 aromatic carbocycles. The van der Waals surface area contributed by atoms with Gasteiger partial charge in [0.2, 0.25) is 0 Å². The van der Waals surface area contributed by atoms with E-state index in [1.807, 2.05) is 30.3 Å². The van der Waals surface area contributed by atoms with E-state index >= 15 is 0 Å². The number of benzene rings is 17. The third-order valence-corrected chi connectivity index (χ3v) is 20.7. The van der Waals surface area contributed by atoms with Crippen LogP contribution in [0.1, 0.15) is 0 Å². The van der Waals surface area contributed by atoms with Gasteiger partial charge in [-0.3, -0.25) is 0 Å². The minimum Gasteiger partial charge on any atom is -0.456 e. The average Bonchev–Trinajstić information content (AvgIpc) is 1.62. The summed E-state index contributed by atoms with van der Waals surface area (Å²) in [7, 11) is 0. The van der Waals surface area contributed by atoms with Crippen molar-refractivity contribution in [3.8, 4) is 22.3 Å². The van der Waals surface area contributed by atoms with Crippen LogP contribution in [-0.4, -0.2) is 0 Å². The van der Waals surface area contributed by atoms with Crippen molar-refractivity contribution < 1.29 is 17.7 Å². The van der Waals surface area contributed by atoms with Crippen LogP contribution in [0, 0.1) is 0 Å². The molecular formula is C100H66N4O4. The Morgan fingerprint density at radius 2 is 0.463 bits per heavy atom. The molecule has 0 saturated carbocycles. The standard InChI is InChI=1S/C52H34N2O2.C48H32N2O2/c1-3-15-39(16-4-1)53(40-17-5-2-6-18-40)46-21-12-24-49-51(46)45-20-11-22-47(52(45)56-49)54(42-31-32-44-43-19-9-10-23-48(43)55-50(44)34-42)41-29-27-36(28-30-41)38-26-25-35-13-7-8-14-37(35)33-38;1-4-14-33(15-5-1)34-26-28-37(29-27-34)50(38-30-31-40-39-20-10-11-24-44(39)51-46(40)32-38)43-23-12-21-41-47-42(22-13-25-45(47)52-48(41)43)49(35-16-6-2-7-17-35)36-18-8-3-9-19-36/h1-34H;1-32H. The minimum atomic E-state index is 0.805. The van der Waals surface area contributed by atoms with E-state index in [0.717, 1.165) is 167 Å². The second kappa shape index (κ2) is 26.9. The molecule has 0 aliphatic carbocycles. The maximum absolute atomic E-state index is 6.95. The molecule has 0 fully saturated rings. The third-order valence-electron chi connectivity index (χ3n) is 20.7. The van der Waals surface area contributed by atoms with Crippen molar-refractivity contribution in [3.63, 3.8) is 0 Å². The van der Waals surface area contributed by atoms with E-state index in [4.69, 9.17) is 17.7 Å². The quantitative estimate of drug-likeness (QED) is 0.107. The summed E-state index contributed by atoms with van der Waals surface area (Å²) in [5, 5.41) is 11.0. The van der Waals surface area contributed by atoms with Crippen molar-refractivity contribution >= 4 is 167 Å². The van der Waals surface area contributed by atoms with Gasteiger partial charge in [0.15, 0.2) is 11.2 Å². The Morgan fingerprint density at radius 1 is 0.157 bits per heavy atom. The number of rotatable bonds is 14. The topological polar surface area (TPSA) is 65.5 Å². The fourth-order valence-electron chi connectivity index (χ4n) is 15.7. The largest absolute Gasteiger partial charge is 0.456 e. The summed E-state index contributed by atoms with van der Waals surface area (Å²) in [6.07, 6.45) is 0. The zero-order valence-electron chi connectivity index (χ0n) is 58.5. The smallest absolute Gasteiger partial charge is 0.159 e. The lowest BCUT2D eigenvalue weighted by Gasteiger charge is -2.26. The number of anilines is 12. The maximum Gasteiger partial charge on any atom is 0.159 e. The van der Waals surface area contributed by atoms with E-state index in [9.17, 15) is 0 Å². The van der Waals surface area contributed by atoms with Crippen LogP contribution >= 0.6 is 0 Å². The predicted octanol–water partition coefficient (Wildman–Crippen LogP) is 29.3. The van der Waals surface area contributed by atoms with Crippen LogP contribution in [0.2, 0.25) is 0 Å². The Balaban J connectivity index is 0.000000143.